The van der Waals surface area contributed by atoms with E-state index >= 15 is 0 Å². The number of carbonyl (C=O) groups is 3. The quantitative estimate of drug-likeness (QED) is 0.301. The molecule has 0 aromatic heterocycles. The molecule has 0 aromatic carbocycles. The summed E-state index contributed by atoms with van der Waals surface area (Å²) in [5.74, 6) is -5.61. The van der Waals surface area contributed by atoms with Crippen LogP contribution in [0.25, 0.3) is 0 Å². The maximum atomic E-state index is 14.2. The second-order valence-electron chi connectivity index (χ2n) is 6.09. The van der Waals surface area contributed by atoms with Crippen molar-refractivity contribution in [2.24, 2.45) is 5.92 Å². The predicted molar refractivity (Wildman–Crippen MR) is 76.4 cm³/mol. The molecule has 0 aliphatic carbocycles. The van der Waals surface area contributed by atoms with E-state index in [2.05, 4.69) is 15.0 Å². The van der Waals surface area contributed by atoms with Crippen LogP contribution in [0.15, 0.2) is 0 Å². The summed E-state index contributed by atoms with van der Waals surface area (Å²) in [5.41, 5.74) is 4.07. The van der Waals surface area contributed by atoms with Crippen LogP contribution in [-0.4, -0.2) is 78.4 Å². The molecule has 26 heavy (non-hydrogen) atoms. The van der Waals surface area contributed by atoms with Gasteiger partial charge in [-0.05, 0) is 0 Å². The second-order valence-corrected chi connectivity index (χ2v) is 7.10. The monoisotopic (exact) mass is 399 g/mol. The Morgan fingerprint density at radius 3 is 2.42 bits per heavy atom. The van der Waals surface area contributed by atoms with Gasteiger partial charge in [0.05, 0.1) is 12.5 Å². The van der Waals surface area contributed by atoms with Gasteiger partial charge in [-0.2, -0.15) is 13.5 Å². The van der Waals surface area contributed by atoms with Crippen molar-refractivity contribution in [2.75, 3.05) is 19.6 Å². The summed E-state index contributed by atoms with van der Waals surface area (Å²) in [4.78, 5) is 36.6. The Morgan fingerprint density at radius 2 is 1.88 bits per heavy atom. The van der Waals surface area contributed by atoms with Crippen molar-refractivity contribution in [1.82, 2.24) is 26.1 Å². The minimum Gasteiger partial charge on any atom is -0.315 e. The van der Waals surface area contributed by atoms with Crippen molar-refractivity contribution in [3.63, 3.8) is 0 Å². The molecule has 3 aliphatic rings. The molecule has 0 aromatic rings. The fourth-order valence-electron chi connectivity index (χ4n) is 2.87. The molecule has 0 radical (unpaired) electrons. The number of urea groups is 1. The number of hydrogen-bond acceptors (Lipinski definition) is 7. The van der Waals surface area contributed by atoms with Crippen LogP contribution in [0, 0.1) is 5.92 Å². The lowest BCUT2D eigenvalue weighted by atomic mass is 9.96. The molecule has 15 heteroatoms. The zero-order valence-electron chi connectivity index (χ0n) is 13.0. The van der Waals surface area contributed by atoms with Gasteiger partial charge in [-0.3, -0.25) is 25.0 Å². The fourth-order valence-corrected chi connectivity index (χ4v) is 3.24. The Kier molecular flexibility index (Phi) is 4.50. The van der Waals surface area contributed by atoms with E-state index in [1.165, 1.54) is 0 Å². The molecule has 3 saturated heterocycles. The van der Waals surface area contributed by atoms with Crippen LogP contribution in [0.5, 0.6) is 0 Å². The van der Waals surface area contributed by atoms with Crippen LogP contribution >= 0.6 is 0 Å². The van der Waals surface area contributed by atoms with Gasteiger partial charge in [0, 0.05) is 19.5 Å². The number of halogens is 2. The summed E-state index contributed by atoms with van der Waals surface area (Å²) < 4.78 is 62.6. The zero-order chi connectivity index (χ0) is 19.3. The van der Waals surface area contributed by atoms with Gasteiger partial charge in [0.25, 0.3) is 11.8 Å². The summed E-state index contributed by atoms with van der Waals surface area (Å²) in [7, 11) is -5.21. The van der Waals surface area contributed by atoms with Crippen molar-refractivity contribution in [1.29, 1.82) is 0 Å². The van der Waals surface area contributed by atoms with E-state index in [0.29, 0.717) is 18.0 Å². The van der Waals surface area contributed by atoms with E-state index in [1.54, 1.807) is 0 Å². The first-order valence-corrected chi connectivity index (χ1v) is 8.81. The first-order valence-electron chi connectivity index (χ1n) is 7.45. The normalized spacial score (nSPS) is 27.9. The van der Waals surface area contributed by atoms with Gasteiger partial charge in [0.15, 0.2) is 0 Å². The maximum Gasteiger partial charge on any atom is 0.418 e. The highest BCUT2D eigenvalue weighted by Gasteiger charge is 2.62. The number of hydroxylamine groups is 2. The van der Waals surface area contributed by atoms with E-state index in [-0.39, 0.29) is 11.0 Å². The van der Waals surface area contributed by atoms with Gasteiger partial charge in [-0.25, -0.2) is 13.6 Å². The third-order valence-electron chi connectivity index (χ3n) is 4.35. The zero-order valence-corrected chi connectivity index (χ0v) is 13.8. The van der Waals surface area contributed by atoms with Gasteiger partial charge in [-0.15, -0.1) is 4.28 Å². The van der Waals surface area contributed by atoms with Crippen LogP contribution in [0.4, 0.5) is 13.6 Å². The van der Waals surface area contributed by atoms with E-state index < -0.39 is 59.2 Å². The number of carbonyl (C=O) groups excluding carboxylic acids is 3. The van der Waals surface area contributed by atoms with Crippen LogP contribution in [-0.2, 0) is 24.3 Å². The molecular weight excluding hydrogens is 384 g/mol. The third-order valence-corrected chi connectivity index (χ3v) is 4.70. The van der Waals surface area contributed by atoms with Crippen molar-refractivity contribution in [2.45, 2.75) is 24.4 Å². The van der Waals surface area contributed by atoms with Gasteiger partial charge in [-0.1, -0.05) is 0 Å². The number of hydrazine groups is 1. The standard InChI is InChI=1S/C11H15F2N5O7S/c12-11(13)1-6(9(20)16-15-8(19)5-2-14-3-5)17-4-7(11)18(10(17)21)25-26(22,23)24/h5-7,14H,1-4H2,(H,15,19)(H,16,20)(H,22,23,24)/t6-,7-/m0/s1. The molecule has 0 spiro atoms. The Hall–Kier alpha value is -2.10. The molecule has 0 unspecified atom stereocenters. The molecule has 2 atom stereocenters. The molecule has 3 aliphatic heterocycles. The number of nitrogens with one attached hydrogen (secondary N) is 3. The first kappa shape index (κ1) is 18.7. The van der Waals surface area contributed by atoms with Crippen LogP contribution in [0.2, 0.25) is 0 Å². The SMILES string of the molecule is O=C(NNC(=O)[C@@H]1CC(F)(F)[C@@H]2CN1C(=O)N2OS(=O)(=O)O)C1CNC1. The predicted octanol–water partition coefficient (Wildman–Crippen LogP) is -2.40. The molecule has 2 bridgehead atoms. The van der Waals surface area contributed by atoms with Crippen LogP contribution in [0.1, 0.15) is 6.42 Å². The summed E-state index contributed by atoms with van der Waals surface area (Å²) in [5, 5.41) is 2.67. The maximum absolute atomic E-state index is 14.2. The summed E-state index contributed by atoms with van der Waals surface area (Å²) >= 11 is 0. The van der Waals surface area contributed by atoms with E-state index in [4.69, 9.17) is 4.55 Å². The first-order chi connectivity index (χ1) is 12.0. The molecule has 4 amide bonds. The Labute approximate surface area is 145 Å². The number of fused-ring (bicyclic) bond motifs is 2. The lowest BCUT2D eigenvalue weighted by molar-refractivity contribution is -0.154. The Balaban J connectivity index is 1.70. The molecule has 12 nitrogen and oxygen atoms in total. The third kappa shape index (κ3) is 3.42. The molecule has 3 fully saturated rings. The number of nitrogens with zero attached hydrogens (tertiary/aromatic N) is 2. The average molecular weight is 399 g/mol. The van der Waals surface area contributed by atoms with E-state index in [9.17, 15) is 31.6 Å². The van der Waals surface area contributed by atoms with Gasteiger partial charge in [0.2, 0.25) is 5.91 Å². The smallest absolute Gasteiger partial charge is 0.315 e. The van der Waals surface area contributed by atoms with Crippen LogP contribution in [0.3, 0.4) is 0 Å². The molecule has 146 valence electrons. The number of hydrogen-bond donors (Lipinski definition) is 4. The molecule has 4 N–H and O–H groups in total. The largest absolute Gasteiger partial charge is 0.418 e. The topological polar surface area (TPSA) is 157 Å². The van der Waals surface area contributed by atoms with Crippen molar-refractivity contribution in [3.05, 3.63) is 0 Å². The number of alkyl halides is 2. The highest BCUT2D eigenvalue weighted by molar-refractivity contribution is 7.80. The lowest BCUT2D eigenvalue weighted by Gasteiger charge is -2.35. The Morgan fingerprint density at radius 1 is 1.27 bits per heavy atom. The molecule has 3 rings (SSSR count). The minimum absolute atomic E-state index is 0.165. The minimum atomic E-state index is -5.21. The van der Waals surface area contributed by atoms with Crippen molar-refractivity contribution >= 4 is 28.2 Å². The number of piperidine rings is 1. The number of rotatable bonds is 4. The summed E-state index contributed by atoms with van der Waals surface area (Å²) in [6, 6.07) is -4.97. The molecule has 3 heterocycles. The van der Waals surface area contributed by atoms with Crippen LogP contribution < -0.4 is 16.2 Å². The lowest BCUT2D eigenvalue weighted by Crippen LogP contribution is -2.60. The van der Waals surface area contributed by atoms with Crippen molar-refractivity contribution in [3.8, 4) is 0 Å². The van der Waals surface area contributed by atoms with E-state index in [1.807, 2.05) is 5.43 Å². The highest BCUT2D eigenvalue weighted by Crippen LogP contribution is 2.40. The van der Waals surface area contributed by atoms with E-state index in [0.717, 1.165) is 0 Å². The summed E-state index contributed by atoms with van der Waals surface area (Å²) in [6.45, 7) is 0.134. The van der Waals surface area contributed by atoms with Crippen molar-refractivity contribution < 1.29 is 40.4 Å². The summed E-state index contributed by atoms with van der Waals surface area (Å²) in [6.07, 6.45) is -1.11. The molecule has 0 saturated carbocycles. The average Bonchev–Trinajstić information content (AvgIpc) is 2.73. The highest BCUT2D eigenvalue weighted by atomic mass is 32.3. The second kappa shape index (κ2) is 6.26. The molecular formula is C11H15F2N5O7S. The number of amides is 4. The fraction of sp³-hybridized carbons (Fsp3) is 0.727. The van der Waals surface area contributed by atoms with Gasteiger partial charge < -0.3 is 10.2 Å². The van der Waals surface area contributed by atoms with Gasteiger partial charge >= 0.3 is 16.4 Å². The van der Waals surface area contributed by atoms with Gasteiger partial charge in [0.1, 0.15) is 12.1 Å². The Bertz CT molecular complexity index is 743.